The van der Waals surface area contributed by atoms with Crippen molar-refractivity contribution in [3.8, 4) is 0 Å². The maximum atomic E-state index is 15.1. The second-order valence-corrected chi connectivity index (χ2v) is 10.9. The van der Waals surface area contributed by atoms with Crippen molar-refractivity contribution in [3.63, 3.8) is 0 Å². The number of fused-ring (bicyclic) bond motifs is 1. The molecule has 238 valence electrons. The molecule has 0 bridgehead atoms. The molecule has 12 nitrogen and oxygen atoms in total. The maximum absolute atomic E-state index is 15.1. The molecule has 3 amide bonds. The highest BCUT2D eigenvalue weighted by molar-refractivity contribution is 5.93. The Morgan fingerprint density at radius 1 is 1.18 bits per heavy atom. The molecule has 0 aromatic carbocycles. The van der Waals surface area contributed by atoms with Gasteiger partial charge in [-0.1, -0.05) is 0 Å². The van der Waals surface area contributed by atoms with E-state index in [1.165, 1.54) is 22.1 Å². The first kappa shape index (κ1) is 25.4. The second kappa shape index (κ2) is 11.5. The van der Waals surface area contributed by atoms with E-state index in [2.05, 4.69) is 30.3 Å². The summed E-state index contributed by atoms with van der Waals surface area (Å²) < 4.78 is 128. The summed E-state index contributed by atoms with van der Waals surface area (Å²) in [6.45, 7) is -8.02. The van der Waals surface area contributed by atoms with Gasteiger partial charge < -0.3 is 20.3 Å². The molecule has 18 heteroatoms. The summed E-state index contributed by atoms with van der Waals surface area (Å²) in [7, 11) is 0. The third kappa shape index (κ3) is 6.44. The number of nitrogens with one attached hydrogen (secondary N) is 2. The number of carbonyl (C=O) groups excluding carboxylic acids is 2. The molecule has 1 aliphatic heterocycles. The van der Waals surface area contributed by atoms with Gasteiger partial charge in [-0.2, -0.15) is 5.10 Å². The van der Waals surface area contributed by atoms with E-state index in [9.17, 15) is 27.2 Å². The summed E-state index contributed by atoms with van der Waals surface area (Å²) in [5, 5.41) is 14.5. The van der Waals surface area contributed by atoms with Gasteiger partial charge in [0.1, 0.15) is 0 Å². The fourth-order valence-electron chi connectivity index (χ4n) is 5.20. The van der Waals surface area contributed by atoms with E-state index >= 15 is 8.78 Å². The van der Waals surface area contributed by atoms with E-state index in [1.54, 1.807) is 0 Å². The Morgan fingerprint density at radius 3 is 2.64 bits per heavy atom. The quantitative estimate of drug-likeness (QED) is 0.316. The number of carbonyl (C=O) groups is 2. The lowest BCUT2D eigenvalue weighted by Gasteiger charge is -2.38. The van der Waals surface area contributed by atoms with Crippen molar-refractivity contribution in [2.45, 2.75) is 75.0 Å². The van der Waals surface area contributed by atoms with Gasteiger partial charge in [0.2, 0.25) is 11.6 Å². The monoisotopic (exact) mass is 634 g/mol. The predicted octanol–water partition coefficient (Wildman–Crippen LogP) is 4.23. The van der Waals surface area contributed by atoms with Crippen molar-refractivity contribution < 1.29 is 50.8 Å². The fourth-order valence-corrected chi connectivity index (χ4v) is 5.20. The highest BCUT2D eigenvalue weighted by Gasteiger charge is 2.43. The van der Waals surface area contributed by atoms with Crippen molar-refractivity contribution in [2.75, 3.05) is 19.6 Å². The van der Waals surface area contributed by atoms with Crippen LogP contribution in [0.4, 0.5) is 31.1 Å². The van der Waals surface area contributed by atoms with E-state index in [0.29, 0.717) is 12.8 Å². The summed E-state index contributed by atoms with van der Waals surface area (Å²) >= 11 is 0. The molecule has 0 spiro atoms. The number of amides is 3. The molecule has 3 aliphatic rings. The third-order valence-corrected chi connectivity index (χ3v) is 7.65. The minimum Gasteiger partial charge on any atom is -0.376 e. The van der Waals surface area contributed by atoms with E-state index in [0.717, 1.165) is 6.20 Å². The number of imidazole rings is 1. The molecule has 6 rings (SSSR count). The smallest absolute Gasteiger partial charge is 0.318 e. The first-order chi connectivity index (χ1) is 22.4. The minimum atomic E-state index is -4.71. The zero-order chi connectivity index (χ0) is 34.8. The van der Waals surface area contributed by atoms with Crippen LogP contribution in [0.25, 0.3) is 5.65 Å². The summed E-state index contributed by atoms with van der Waals surface area (Å²) in [5.41, 5.74) is -1.80. The number of hydrogen-bond acceptors (Lipinski definition) is 8. The molecule has 2 saturated carbocycles. The Kier molecular flexibility index (Phi) is 6.64. The lowest BCUT2D eigenvalue weighted by Crippen LogP contribution is -2.58. The van der Waals surface area contributed by atoms with Gasteiger partial charge in [0, 0.05) is 18.4 Å². The van der Waals surface area contributed by atoms with Crippen LogP contribution >= 0.6 is 0 Å². The maximum Gasteiger partial charge on any atom is 0.318 e. The zero-order valence-electron chi connectivity index (χ0n) is 26.7. The minimum absolute atomic E-state index is 0.00393. The molecule has 2 aliphatic carbocycles. The van der Waals surface area contributed by atoms with Crippen molar-refractivity contribution in [1.82, 2.24) is 40.4 Å². The number of urea groups is 1. The van der Waals surface area contributed by atoms with Crippen LogP contribution in [-0.2, 0) is 4.74 Å². The fraction of sp³-hybridized carbons (Fsp3) is 0.615. The normalized spacial score (nSPS) is 25.4. The average molecular weight is 635 g/mol. The van der Waals surface area contributed by atoms with Crippen LogP contribution in [0.5, 0.6) is 0 Å². The van der Waals surface area contributed by atoms with E-state index in [1.807, 2.05) is 0 Å². The molecule has 3 aromatic rings. The van der Waals surface area contributed by atoms with Gasteiger partial charge >= 0.3 is 6.03 Å². The predicted molar refractivity (Wildman–Crippen MR) is 136 cm³/mol. The summed E-state index contributed by atoms with van der Waals surface area (Å²) in [4.78, 5) is 30.6. The first-order valence-electron chi connectivity index (χ1n) is 15.7. The Labute approximate surface area is 251 Å². The summed E-state index contributed by atoms with van der Waals surface area (Å²) in [5.74, 6) is -9.43. The number of alkyl halides is 6. The number of rotatable bonds is 10. The van der Waals surface area contributed by atoms with Crippen LogP contribution in [0.2, 0.25) is 0 Å². The molecular formula is C26H28F6N8O4. The first-order valence-corrected chi connectivity index (χ1v) is 13.7. The lowest BCUT2D eigenvalue weighted by molar-refractivity contribution is -0.0542. The largest absolute Gasteiger partial charge is 0.376 e. The lowest BCUT2D eigenvalue weighted by atomic mass is 9.81. The van der Waals surface area contributed by atoms with Crippen molar-refractivity contribution in [2.24, 2.45) is 5.92 Å². The van der Waals surface area contributed by atoms with Gasteiger partial charge in [0.05, 0.1) is 61.4 Å². The number of aromatic nitrogens is 5. The molecule has 0 radical (unpaired) electrons. The van der Waals surface area contributed by atoms with Gasteiger partial charge in [-0.25, -0.2) is 45.3 Å². The molecule has 44 heavy (non-hydrogen) atoms. The number of hydrogen-bond donors (Lipinski definition) is 2. The number of ether oxygens (including phenoxy) is 1. The number of halogens is 6. The van der Waals surface area contributed by atoms with Crippen LogP contribution in [0.3, 0.4) is 0 Å². The summed E-state index contributed by atoms with van der Waals surface area (Å²) in [6, 6.07) is -2.86. The molecule has 1 saturated heterocycles. The van der Waals surface area contributed by atoms with Crippen LogP contribution in [0.15, 0.2) is 23.1 Å². The van der Waals surface area contributed by atoms with Crippen LogP contribution in [-0.4, -0.2) is 79.3 Å². The Morgan fingerprint density at radius 2 is 1.93 bits per heavy atom. The number of nitrogens with zero attached hydrogens (tertiary/aromatic N) is 6. The highest BCUT2D eigenvalue weighted by atomic mass is 19.3. The molecule has 3 aromatic heterocycles. The van der Waals surface area contributed by atoms with Crippen molar-refractivity contribution in [3.05, 3.63) is 41.1 Å². The molecule has 2 atom stereocenters. The highest BCUT2D eigenvalue weighted by Crippen LogP contribution is 2.41. The van der Waals surface area contributed by atoms with Gasteiger partial charge in [-0.15, -0.1) is 0 Å². The van der Waals surface area contributed by atoms with Gasteiger partial charge in [0.15, 0.2) is 11.3 Å². The van der Waals surface area contributed by atoms with Crippen LogP contribution in [0.1, 0.15) is 90.0 Å². The van der Waals surface area contributed by atoms with E-state index in [4.69, 9.17) is 10.2 Å². The van der Waals surface area contributed by atoms with Crippen LogP contribution in [0, 0.1) is 5.92 Å². The molecule has 3 fully saturated rings. The van der Waals surface area contributed by atoms with Crippen molar-refractivity contribution in [1.29, 1.82) is 0 Å². The zero-order valence-corrected chi connectivity index (χ0v) is 22.7. The van der Waals surface area contributed by atoms with Crippen molar-refractivity contribution >= 4 is 17.6 Å². The standard InChI is InChI=1S/C26H28F6N8O4/c27-22(28)20-21(38-44-37-20)23(41)36-19(13-3-5-25(29,30)6-4-13)16-9-40-18(35-16)7-14(8-34-40)17(10-43-15-1-2-15)39-12-26(31,32)11-33-24(39)42/h7-9,13,15,17,19,22H,1-6,10-12H2,(H,33,42)(H,36,41)/i11D2,12D2. The van der Waals surface area contributed by atoms with Gasteiger partial charge in [0.25, 0.3) is 18.3 Å². The van der Waals surface area contributed by atoms with E-state index in [-0.39, 0.29) is 40.8 Å². The molecule has 2 N–H and O–H groups in total. The second-order valence-electron chi connectivity index (χ2n) is 10.9. The Hall–Kier alpha value is -3.96. The molecule has 4 heterocycles. The topological polar surface area (TPSA) is 140 Å². The van der Waals surface area contributed by atoms with E-state index < -0.39 is 92.0 Å². The molecular weight excluding hydrogens is 602 g/mol. The third-order valence-electron chi connectivity index (χ3n) is 7.65. The SMILES string of the molecule is [2H]C1([2H])NC(=O)N(C(COC2CC2)c2cnn3cc(C(NC(=O)c4nonc4C(F)F)C4CCC(F)(F)CC4)nc3c2)C([2H])([2H])C1(F)F. The van der Waals surface area contributed by atoms with Gasteiger partial charge in [-0.3, -0.25) is 4.79 Å². The molecule has 2 unspecified atom stereocenters. The average Bonchev–Trinajstić information content (AvgIpc) is 3.51. The Balaban J connectivity index is 1.36. The van der Waals surface area contributed by atoms with Crippen LogP contribution < -0.4 is 10.6 Å². The van der Waals surface area contributed by atoms with Gasteiger partial charge in [-0.05, 0) is 48.0 Å². The summed E-state index contributed by atoms with van der Waals surface area (Å²) in [6.07, 6.45) is -0.890. The Bertz CT molecular complexity index is 1700.